The van der Waals surface area contributed by atoms with E-state index in [0.717, 1.165) is 32.5 Å². The highest BCUT2D eigenvalue weighted by molar-refractivity contribution is 5.94. The van der Waals surface area contributed by atoms with Crippen LogP contribution in [0.4, 0.5) is 0 Å². The molecule has 1 saturated heterocycles. The Hall–Kier alpha value is -1.55. The minimum atomic E-state index is 0.0324. The topological polar surface area (TPSA) is 49.8 Å². The molecule has 2 rings (SSSR count). The summed E-state index contributed by atoms with van der Waals surface area (Å²) < 4.78 is 5.56. The molecule has 4 nitrogen and oxygen atoms in total. The lowest BCUT2D eigenvalue weighted by atomic mass is 10.1. The highest BCUT2D eigenvalue weighted by Crippen LogP contribution is 2.17. The van der Waals surface area contributed by atoms with E-state index in [0.29, 0.717) is 11.7 Å². The number of hydrogen-bond donors (Lipinski definition) is 1. The first-order valence-corrected chi connectivity index (χ1v) is 6.40. The average molecular weight is 249 g/mol. The Morgan fingerprint density at radius 1 is 1.33 bits per heavy atom. The van der Waals surface area contributed by atoms with Crippen molar-refractivity contribution in [2.24, 2.45) is 0 Å². The molecule has 1 aromatic carbocycles. The van der Waals surface area contributed by atoms with E-state index in [1.165, 1.54) is 0 Å². The summed E-state index contributed by atoms with van der Waals surface area (Å²) in [5.74, 6) is 0.214. The second-order valence-corrected chi connectivity index (χ2v) is 4.49. The number of carbonyl (C=O) groups excluding carboxylic acids is 1. The van der Waals surface area contributed by atoms with Gasteiger partial charge in [-0.2, -0.15) is 0 Å². The van der Waals surface area contributed by atoms with Gasteiger partial charge < -0.3 is 14.7 Å². The van der Waals surface area contributed by atoms with E-state index in [-0.39, 0.29) is 11.7 Å². The lowest BCUT2D eigenvalue weighted by Crippen LogP contribution is -2.40. The van der Waals surface area contributed by atoms with Crippen molar-refractivity contribution >= 4 is 5.91 Å². The summed E-state index contributed by atoms with van der Waals surface area (Å²) in [6.07, 6.45) is 2.09. The molecule has 1 aliphatic heterocycles. The highest BCUT2D eigenvalue weighted by Gasteiger charge is 2.23. The molecule has 1 amide bonds. The van der Waals surface area contributed by atoms with Crippen LogP contribution < -0.4 is 0 Å². The van der Waals surface area contributed by atoms with Crippen molar-refractivity contribution in [3.63, 3.8) is 0 Å². The fraction of sp³-hybridized carbons (Fsp3) is 0.500. The minimum absolute atomic E-state index is 0.0324. The molecule has 0 unspecified atom stereocenters. The number of phenols is 1. The molecule has 98 valence electrons. The van der Waals surface area contributed by atoms with E-state index in [4.69, 9.17) is 4.74 Å². The molecule has 0 aliphatic carbocycles. The number of carbonyl (C=O) groups is 1. The van der Waals surface area contributed by atoms with Gasteiger partial charge in [0, 0.05) is 25.3 Å². The molecule has 1 aliphatic rings. The van der Waals surface area contributed by atoms with Crippen molar-refractivity contribution in [1.82, 2.24) is 4.90 Å². The number of likely N-dealkylation sites (tertiary alicyclic amines) is 1. The third kappa shape index (κ3) is 3.01. The van der Waals surface area contributed by atoms with Crippen molar-refractivity contribution in [3.8, 4) is 5.75 Å². The molecular formula is C14H19NO3. The maximum atomic E-state index is 12.2. The largest absolute Gasteiger partial charge is 0.508 e. The third-order valence-corrected chi connectivity index (χ3v) is 3.25. The Morgan fingerprint density at radius 2 is 1.94 bits per heavy atom. The molecule has 0 aromatic heterocycles. The third-order valence-electron chi connectivity index (χ3n) is 3.25. The van der Waals surface area contributed by atoms with E-state index in [1.807, 2.05) is 11.8 Å². The number of ether oxygens (including phenoxy) is 1. The van der Waals surface area contributed by atoms with Gasteiger partial charge in [0.25, 0.3) is 5.91 Å². The van der Waals surface area contributed by atoms with Crippen LogP contribution in [-0.2, 0) is 4.74 Å². The van der Waals surface area contributed by atoms with Crippen molar-refractivity contribution in [3.05, 3.63) is 29.8 Å². The Kier molecular flexibility index (Phi) is 4.20. The number of benzene rings is 1. The van der Waals surface area contributed by atoms with Gasteiger partial charge in [0.1, 0.15) is 5.75 Å². The summed E-state index contributed by atoms with van der Waals surface area (Å²) in [4.78, 5) is 14.0. The van der Waals surface area contributed by atoms with Gasteiger partial charge in [-0.25, -0.2) is 0 Å². The summed E-state index contributed by atoms with van der Waals surface area (Å²) in [5, 5.41) is 9.20. The summed E-state index contributed by atoms with van der Waals surface area (Å²) in [6, 6.07) is 6.40. The van der Waals surface area contributed by atoms with Crippen molar-refractivity contribution < 1.29 is 14.6 Å². The van der Waals surface area contributed by atoms with Crippen LogP contribution in [0.2, 0.25) is 0 Å². The summed E-state index contributed by atoms with van der Waals surface area (Å²) in [5.41, 5.74) is 0.627. The van der Waals surface area contributed by atoms with Gasteiger partial charge in [-0.3, -0.25) is 4.79 Å². The van der Waals surface area contributed by atoms with Crippen molar-refractivity contribution in [2.45, 2.75) is 25.9 Å². The van der Waals surface area contributed by atoms with Crippen LogP contribution in [0.25, 0.3) is 0 Å². The van der Waals surface area contributed by atoms with Gasteiger partial charge in [-0.15, -0.1) is 0 Å². The van der Waals surface area contributed by atoms with Crippen molar-refractivity contribution in [2.75, 3.05) is 19.7 Å². The SMILES string of the molecule is CCOC1CCN(C(=O)c2ccc(O)cc2)CC1. The van der Waals surface area contributed by atoms with Crippen LogP contribution in [0.15, 0.2) is 24.3 Å². The van der Waals surface area contributed by atoms with Crippen LogP contribution in [0.5, 0.6) is 5.75 Å². The van der Waals surface area contributed by atoms with Crippen LogP contribution in [0, 0.1) is 0 Å². The van der Waals surface area contributed by atoms with Gasteiger partial charge in [0.2, 0.25) is 0 Å². The standard InChI is InChI=1S/C14H19NO3/c1-2-18-13-7-9-15(10-8-13)14(17)11-3-5-12(16)6-4-11/h3-6,13,16H,2,7-10H2,1H3. The lowest BCUT2D eigenvalue weighted by molar-refractivity contribution is 0.0146. The van der Waals surface area contributed by atoms with E-state index in [1.54, 1.807) is 24.3 Å². The maximum Gasteiger partial charge on any atom is 0.253 e. The van der Waals surface area contributed by atoms with E-state index in [2.05, 4.69) is 0 Å². The normalized spacial score (nSPS) is 16.8. The first-order valence-electron chi connectivity index (χ1n) is 6.40. The van der Waals surface area contributed by atoms with Gasteiger partial charge in [-0.05, 0) is 44.0 Å². The minimum Gasteiger partial charge on any atom is -0.508 e. The molecule has 4 heteroatoms. The monoisotopic (exact) mass is 249 g/mol. The molecule has 0 bridgehead atoms. The molecule has 1 N–H and O–H groups in total. The number of hydrogen-bond acceptors (Lipinski definition) is 3. The van der Waals surface area contributed by atoms with Crippen LogP contribution in [0.1, 0.15) is 30.1 Å². The fourth-order valence-electron chi connectivity index (χ4n) is 2.25. The van der Waals surface area contributed by atoms with Crippen LogP contribution >= 0.6 is 0 Å². The number of rotatable bonds is 3. The quantitative estimate of drug-likeness (QED) is 0.891. The van der Waals surface area contributed by atoms with Crippen LogP contribution in [-0.4, -0.2) is 41.7 Å². The van der Waals surface area contributed by atoms with Gasteiger partial charge in [0.05, 0.1) is 6.10 Å². The van der Waals surface area contributed by atoms with Gasteiger partial charge >= 0.3 is 0 Å². The zero-order valence-electron chi connectivity index (χ0n) is 10.6. The van der Waals surface area contributed by atoms with Crippen LogP contribution in [0.3, 0.4) is 0 Å². The molecule has 1 aromatic rings. The number of phenolic OH excluding ortho intramolecular Hbond substituents is 1. The molecule has 0 atom stereocenters. The second-order valence-electron chi connectivity index (χ2n) is 4.49. The Labute approximate surface area is 107 Å². The van der Waals surface area contributed by atoms with Gasteiger partial charge in [0.15, 0.2) is 0 Å². The number of aromatic hydroxyl groups is 1. The Bertz CT molecular complexity index is 394. The van der Waals surface area contributed by atoms with E-state index < -0.39 is 0 Å². The number of piperidine rings is 1. The Balaban J connectivity index is 1.93. The maximum absolute atomic E-state index is 12.2. The zero-order chi connectivity index (χ0) is 13.0. The number of amides is 1. The second kappa shape index (κ2) is 5.87. The molecule has 1 fully saturated rings. The predicted molar refractivity (Wildman–Crippen MR) is 68.7 cm³/mol. The summed E-state index contributed by atoms with van der Waals surface area (Å²) >= 11 is 0. The smallest absolute Gasteiger partial charge is 0.253 e. The lowest BCUT2D eigenvalue weighted by Gasteiger charge is -2.31. The number of nitrogens with zero attached hydrogens (tertiary/aromatic N) is 1. The molecule has 0 radical (unpaired) electrons. The summed E-state index contributed by atoms with van der Waals surface area (Å²) in [7, 11) is 0. The Morgan fingerprint density at radius 3 is 2.50 bits per heavy atom. The molecule has 1 heterocycles. The van der Waals surface area contributed by atoms with E-state index >= 15 is 0 Å². The zero-order valence-corrected chi connectivity index (χ0v) is 10.6. The average Bonchev–Trinajstić information content (AvgIpc) is 2.40. The molecule has 18 heavy (non-hydrogen) atoms. The predicted octanol–water partition coefficient (Wildman–Crippen LogP) is 2.03. The highest BCUT2D eigenvalue weighted by atomic mass is 16.5. The van der Waals surface area contributed by atoms with Crippen molar-refractivity contribution in [1.29, 1.82) is 0 Å². The van der Waals surface area contributed by atoms with E-state index in [9.17, 15) is 9.90 Å². The fourth-order valence-corrected chi connectivity index (χ4v) is 2.25. The molecule has 0 saturated carbocycles. The van der Waals surface area contributed by atoms with Gasteiger partial charge in [-0.1, -0.05) is 0 Å². The first kappa shape index (κ1) is 12.9. The first-order chi connectivity index (χ1) is 8.70. The summed E-state index contributed by atoms with van der Waals surface area (Å²) in [6.45, 7) is 4.21. The molecular weight excluding hydrogens is 230 g/mol. The molecule has 0 spiro atoms.